The SMILES string of the molecule is C[C@H](NCc1cccc2c1OC(C)(C)C2)C1CCCCC1. The van der Waals surface area contributed by atoms with E-state index in [2.05, 4.69) is 44.3 Å². The van der Waals surface area contributed by atoms with Crippen LogP contribution in [0.5, 0.6) is 5.75 Å². The highest BCUT2D eigenvalue weighted by molar-refractivity contribution is 5.45. The molecule has 0 radical (unpaired) electrons. The van der Waals surface area contributed by atoms with Gasteiger partial charge in [0.15, 0.2) is 0 Å². The first-order valence-electron chi connectivity index (χ1n) is 8.58. The Bertz CT molecular complexity index is 488. The summed E-state index contributed by atoms with van der Waals surface area (Å²) in [5.41, 5.74) is 2.64. The van der Waals surface area contributed by atoms with Crippen LogP contribution in [0, 0.1) is 5.92 Å². The van der Waals surface area contributed by atoms with Crippen LogP contribution in [0.4, 0.5) is 0 Å². The quantitative estimate of drug-likeness (QED) is 0.883. The fourth-order valence-electron chi connectivity index (χ4n) is 3.89. The fraction of sp³-hybridized carbons (Fsp3) is 0.684. The van der Waals surface area contributed by atoms with Crippen molar-refractivity contribution in [3.63, 3.8) is 0 Å². The van der Waals surface area contributed by atoms with Crippen LogP contribution in [-0.4, -0.2) is 11.6 Å². The second-order valence-corrected chi connectivity index (χ2v) is 7.51. The number of para-hydroxylation sites is 1. The maximum absolute atomic E-state index is 6.16. The number of benzene rings is 1. The van der Waals surface area contributed by atoms with Crippen molar-refractivity contribution in [2.75, 3.05) is 0 Å². The lowest BCUT2D eigenvalue weighted by molar-refractivity contribution is 0.137. The summed E-state index contributed by atoms with van der Waals surface area (Å²) < 4.78 is 6.16. The van der Waals surface area contributed by atoms with Crippen LogP contribution in [0.1, 0.15) is 64.0 Å². The molecule has 116 valence electrons. The lowest BCUT2D eigenvalue weighted by Crippen LogP contribution is -2.34. The molecule has 1 N–H and O–H groups in total. The summed E-state index contributed by atoms with van der Waals surface area (Å²) in [4.78, 5) is 0. The first kappa shape index (κ1) is 14.9. The summed E-state index contributed by atoms with van der Waals surface area (Å²) in [5.74, 6) is 1.98. The summed E-state index contributed by atoms with van der Waals surface area (Å²) in [7, 11) is 0. The highest BCUT2D eigenvalue weighted by Gasteiger charge is 2.31. The highest BCUT2D eigenvalue weighted by atomic mass is 16.5. The van der Waals surface area contributed by atoms with Gasteiger partial charge in [-0.2, -0.15) is 0 Å². The molecule has 3 rings (SSSR count). The van der Waals surface area contributed by atoms with Crippen molar-refractivity contribution in [1.29, 1.82) is 0 Å². The van der Waals surface area contributed by atoms with Crippen LogP contribution >= 0.6 is 0 Å². The van der Waals surface area contributed by atoms with Crippen molar-refractivity contribution < 1.29 is 4.74 Å². The van der Waals surface area contributed by atoms with Gasteiger partial charge >= 0.3 is 0 Å². The molecule has 21 heavy (non-hydrogen) atoms. The van der Waals surface area contributed by atoms with Gasteiger partial charge in [0.05, 0.1) is 0 Å². The predicted molar refractivity (Wildman–Crippen MR) is 87.7 cm³/mol. The average Bonchev–Trinajstić information content (AvgIpc) is 2.80. The van der Waals surface area contributed by atoms with Crippen molar-refractivity contribution >= 4 is 0 Å². The molecule has 1 aliphatic carbocycles. The summed E-state index contributed by atoms with van der Waals surface area (Å²) in [6.07, 6.45) is 8.06. The van der Waals surface area contributed by atoms with Gasteiger partial charge in [-0.05, 0) is 45.1 Å². The fourth-order valence-corrected chi connectivity index (χ4v) is 3.89. The Morgan fingerprint density at radius 2 is 2.00 bits per heavy atom. The normalized spacial score (nSPS) is 22.6. The smallest absolute Gasteiger partial charge is 0.127 e. The van der Waals surface area contributed by atoms with Gasteiger partial charge in [-0.25, -0.2) is 0 Å². The van der Waals surface area contributed by atoms with E-state index in [0.717, 1.165) is 24.6 Å². The molecule has 0 spiro atoms. The molecule has 1 aromatic carbocycles. The van der Waals surface area contributed by atoms with Crippen LogP contribution in [0.25, 0.3) is 0 Å². The molecular formula is C19H29NO. The third-order valence-electron chi connectivity index (χ3n) is 5.14. The second kappa shape index (κ2) is 6.00. The molecule has 0 unspecified atom stereocenters. The monoisotopic (exact) mass is 287 g/mol. The number of nitrogens with one attached hydrogen (secondary N) is 1. The molecule has 0 bridgehead atoms. The van der Waals surface area contributed by atoms with Gasteiger partial charge in [-0.15, -0.1) is 0 Å². The van der Waals surface area contributed by atoms with Gasteiger partial charge in [0.2, 0.25) is 0 Å². The molecule has 2 nitrogen and oxygen atoms in total. The Morgan fingerprint density at radius 3 is 2.76 bits per heavy atom. The minimum absolute atomic E-state index is 0.0482. The highest BCUT2D eigenvalue weighted by Crippen LogP contribution is 2.37. The van der Waals surface area contributed by atoms with Gasteiger partial charge in [0.1, 0.15) is 11.4 Å². The maximum atomic E-state index is 6.16. The van der Waals surface area contributed by atoms with Gasteiger partial charge in [-0.3, -0.25) is 0 Å². The zero-order valence-electron chi connectivity index (χ0n) is 13.7. The van der Waals surface area contributed by atoms with Gasteiger partial charge in [0.25, 0.3) is 0 Å². The molecule has 0 amide bonds. The van der Waals surface area contributed by atoms with E-state index in [-0.39, 0.29) is 5.60 Å². The van der Waals surface area contributed by atoms with E-state index in [9.17, 15) is 0 Å². The minimum Gasteiger partial charge on any atom is -0.487 e. The molecule has 1 aliphatic heterocycles. The van der Waals surface area contributed by atoms with E-state index in [1.54, 1.807) is 0 Å². The summed E-state index contributed by atoms with van der Waals surface area (Å²) >= 11 is 0. The Labute approximate surface area is 129 Å². The van der Waals surface area contributed by atoms with E-state index < -0.39 is 0 Å². The van der Waals surface area contributed by atoms with Gasteiger partial charge < -0.3 is 10.1 Å². The Balaban J connectivity index is 1.63. The second-order valence-electron chi connectivity index (χ2n) is 7.51. The molecular weight excluding hydrogens is 258 g/mol. The Hall–Kier alpha value is -1.02. The summed E-state index contributed by atoms with van der Waals surface area (Å²) in [5, 5.41) is 3.75. The molecule has 2 aliphatic rings. The van der Waals surface area contributed by atoms with E-state index in [1.165, 1.54) is 43.2 Å². The molecule has 2 heteroatoms. The van der Waals surface area contributed by atoms with Crippen molar-refractivity contribution in [1.82, 2.24) is 5.32 Å². The van der Waals surface area contributed by atoms with Gasteiger partial charge in [-0.1, -0.05) is 37.5 Å². The zero-order valence-corrected chi connectivity index (χ0v) is 13.7. The summed E-state index contributed by atoms with van der Waals surface area (Å²) in [6, 6.07) is 7.20. The molecule has 0 aromatic heterocycles. The van der Waals surface area contributed by atoms with Gasteiger partial charge in [0, 0.05) is 24.6 Å². The van der Waals surface area contributed by atoms with Crippen LogP contribution in [0.3, 0.4) is 0 Å². The zero-order chi connectivity index (χ0) is 14.9. The lowest BCUT2D eigenvalue weighted by Gasteiger charge is -2.28. The topological polar surface area (TPSA) is 21.3 Å². The van der Waals surface area contributed by atoms with E-state index in [4.69, 9.17) is 4.74 Å². The number of rotatable bonds is 4. The number of fused-ring (bicyclic) bond motifs is 1. The summed E-state index contributed by atoms with van der Waals surface area (Å²) in [6.45, 7) is 7.63. The maximum Gasteiger partial charge on any atom is 0.127 e. The third-order valence-corrected chi connectivity index (χ3v) is 5.14. The molecule has 1 heterocycles. The van der Waals surface area contributed by atoms with E-state index in [0.29, 0.717) is 6.04 Å². The van der Waals surface area contributed by atoms with Crippen LogP contribution in [0.2, 0.25) is 0 Å². The Kier molecular flexibility index (Phi) is 4.26. The average molecular weight is 287 g/mol. The molecule has 1 atom stereocenters. The first-order valence-corrected chi connectivity index (χ1v) is 8.58. The van der Waals surface area contributed by atoms with Crippen LogP contribution in [-0.2, 0) is 13.0 Å². The largest absolute Gasteiger partial charge is 0.487 e. The van der Waals surface area contributed by atoms with Crippen molar-refractivity contribution in [3.8, 4) is 5.75 Å². The van der Waals surface area contributed by atoms with Crippen molar-refractivity contribution in [2.45, 2.75) is 77.5 Å². The minimum atomic E-state index is -0.0482. The number of hydrogen-bond donors (Lipinski definition) is 1. The van der Waals surface area contributed by atoms with E-state index in [1.807, 2.05) is 0 Å². The molecule has 1 aromatic rings. The lowest BCUT2D eigenvalue weighted by atomic mass is 9.84. The standard InChI is InChI=1S/C19H29NO/c1-14(15-8-5-4-6-9-15)20-13-17-11-7-10-16-12-19(2,3)21-18(16)17/h7,10-11,14-15,20H,4-6,8-9,12-13H2,1-3H3/t14-/m0/s1. The van der Waals surface area contributed by atoms with Crippen LogP contribution in [0.15, 0.2) is 18.2 Å². The molecule has 0 saturated heterocycles. The third kappa shape index (κ3) is 3.42. The number of ether oxygens (including phenoxy) is 1. The number of hydrogen-bond acceptors (Lipinski definition) is 2. The van der Waals surface area contributed by atoms with Crippen molar-refractivity contribution in [2.24, 2.45) is 5.92 Å². The van der Waals surface area contributed by atoms with E-state index >= 15 is 0 Å². The molecule has 1 fully saturated rings. The molecule has 1 saturated carbocycles. The predicted octanol–water partition coefficient (Wildman–Crippen LogP) is 4.46. The van der Waals surface area contributed by atoms with Crippen molar-refractivity contribution in [3.05, 3.63) is 29.3 Å². The van der Waals surface area contributed by atoms with Crippen LogP contribution < -0.4 is 10.1 Å². The Morgan fingerprint density at radius 1 is 1.24 bits per heavy atom. The first-order chi connectivity index (χ1) is 10.1.